The van der Waals surface area contributed by atoms with Crippen molar-refractivity contribution in [3.8, 4) is 0 Å². The minimum absolute atomic E-state index is 0. The van der Waals surface area contributed by atoms with Gasteiger partial charge in [-0.15, -0.1) is 12.4 Å². The summed E-state index contributed by atoms with van der Waals surface area (Å²) in [5, 5.41) is 3.29. The van der Waals surface area contributed by atoms with E-state index < -0.39 is 0 Å². The molecular formula is C12H13BrClNO2. The molecule has 1 N–H and O–H groups in total. The van der Waals surface area contributed by atoms with Gasteiger partial charge in [0.1, 0.15) is 5.60 Å². The zero-order chi connectivity index (χ0) is 11.2. The molecule has 2 aliphatic heterocycles. The summed E-state index contributed by atoms with van der Waals surface area (Å²) in [6.45, 7) is 1.81. The van der Waals surface area contributed by atoms with Crippen molar-refractivity contribution >= 4 is 34.3 Å². The molecule has 0 radical (unpaired) electrons. The van der Waals surface area contributed by atoms with Crippen molar-refractivity contribution in [2.24, 2.45) is 0 Å². The Hall–Kier alpha value is -0.580. The predicted octanol–water partition coefficient (Wildman–Crippen LogP) is 2.62. The van der Waals surface area contributed by atoms with Crippen LogP contribution in [0, 0.1) is 0 Å². The first-order chi connectivity index (χ1) is 7.71. The van der Waals surface area contributed by atoms with E-state index in [0.29, 0.717) is 0 Å². The summed E-state index contributed by atoms with van der Waals surface area (Å²) in [5.74, 6) is -0.182. The zero-order valence-electron chi connectivity index (χ0n) is 9.16. The van der Waals surface area contributed by atoms with Crippen LogP contribution < -0.4 is 5.32 Å². The van der Waals surface area contributed by atoms with Crippen LogP contribution in [-0.2, 0) is 10.3 Å². The molecule has 5 heteroatoms. The third-order valence-corrected chi connectivity index (χ3v) is 3.88. The van der Waals surface area contributed by atoms with E-state index in [9.17, 15) is 4.79 Å². The van der Waals surface area contributed by atoms with E-state index in [-0.39, 0.29) is 24.0 Å². The Morgan fingerprint density at radius 3 is 2.71 bits per heavy atom. The lowest BCUT2D eigenvalue weighted by atomic mass is 9.84. The lowest BCUT2D eigenvalue weighted by Gasteiger charge is -2.33. The second-order valence-corrected chi connectivity index (χ2v) is 5.24. The fourth-order valence-electron chi connectivity index (χ4n) is 2.57. The molecule has 1 spiro atoms. The Bertz CT molecular complexity index is 458. The van der Waals surface area contributed by atoms with Gasteiger partial charge in [0.2, 0.25) is 0 Å². The standard InChI is InChI=1S/C12H12BrNO2.ClH/c13-8-1-2-10-9(7-8)11(15)16-12(10)3-5-14-6-4-12;/h1-2,7,14H,3-6H2;1H. The molecule has 92 valence electrons. The van der Waals surface area contributed by atoms with Gasteiger partial charge < -0.3 is 10.1 Å². The van der Waals surface area contributed by atoms with Crippen LogP contribution in [0.3, 0.4) is 0 Å². The Balaban J connectivity index is 0.00000108. The van der Waals surface area contributed by atoms with Crippen LogP contribution in [-0.4, -0.2) is 19.1 Å². The van der Waals surface area contributed by atoms with Crippen molar-refractivity contribution in [2.75, 3.05) is 13.1 Å². The first kappa shape index (κ1) is 12.9. The Labute approximate surface area is 114 Å². The molecule has 17 heavy (non-hydrogen) atoms. The Kier molecular flexibility index (Phi) is 3.48. The topological polar surface area (TPSA) is 38.3 Å². The lowest BCUT2D eigenvalue weighted by Crippen LogP contribution is -2.39. The van der Waals surface area contributed by atoms with Crippen LogP contribution in [0.25, 0.3) is 0 Å². The fraction of sp³-hybridized carbons (Fsp3) is 0.417. The monoisotopic (exact) mass is 317 g/mol. The molecule has 1 saturated heterocycles. The molecule has 3 nitrogen and oxygen atoms in total. The SMILES string of the molecule is Cl.O=C1OC2(CCNCC2)c2ccc(Br)cc21. The second kappa shape index (κ2) is 4.59. The van der Waals surface area contributed by atoms with Gasteiger partial charge in [0.15, 0.2) is 0 Å². The van der Waals surface area contributed by atoms with Crippen LogP contribution in [0.15, 0.2) is 22.7 Å². The molecule has 2 aliphatic rings. The molecule has 1 aromatic rings. The lowest BCUT2D eigenvalue weighted by molar-refractivity contribution is -0.0241. The normalized spacial score (nSPS) is 20.6. The van der Waals surface area contributed by atoms with Gasteiger partial charge >= 0.3 is 5.97 Å². The number of esters is 1. The van der Waals surface area contributed by atoms with Gasteiger partial charge in [0.05, 0.1) is 5.56 Å². The largest absolute Gasteiger partial charge is 0.450 e. The number of ether oxygens (including phenoxy) is 1. The molecule has 1 fully saturated rings. The molecule has 2 heterocycles. The summed E-state index contributed by atoms with van der Waals surface area (Å²) in [7, 11) is 0. The maximum Gasteiger partial charge on any atom is 0.339 e. The Morgan fingerprint density at radius 2 is 2.00 bits per heavy atom. The van der Waals surface area contributed by atoms with Gasteiger partial charge in [-0.2, -0.15) is 0 Å². The molecule has 0 amide bonds. The number of hydrogen-bond acceptors (Lipinski definition) is 3. The van der Waals surface area contributed by atoms with E-state index in [1.54, 1.807) is 0 Å². The van der Waals surface area contributed by atoms with Gasteiger partial charge in [-0.05, 0) is 25.2 Å². The van der Waals surface area contributed by atoms with Crippen molar-refractivity contribution in [1.29, 1.82) is 0 Å². The van der Waals surface area contributed by atoms with Gasteiger partial charge in [0.25, 0.3) is 0 Å². The number of fused-ring (bicyclic) bond motifs is 2. The molecule has 0 unspecified atom stereocenters. The minimum atomic E-state index is -0.363. The molecular weight excluding hydrogens is 305 g/mol. The highest BCUT2D eigenvalue weighted by atomic mass is 79.9. The van der Waals surface area contributed by atoms with E-state index in [0.717, 1.165) is 41.5 Å². The van der Waals surface area contributed by atoms with E-state index in [2.05, 4.69) is 21.2 Å². The fourth-order valence-corrected chi connectivity index (χ4v) is 2.93. The third-order valence-electron chi connectivity index (χ3n) is 3.39. The predicted molar refractivity (Wildman–Crippen MR) is 70.6 cm³/mol. The van der Waals surface area contributed by atoms with Crippen LogP contribution in [0.5, 0.6) is 0 Å². The van der Waals surface area contributed by atoms with Crippen molar-refractivity contribution in [1.82, 2.24) is 5.32 Å². The molecule has 0 atom stereocenters. The minimum Gasteiger partial charge on any atom is -0.450 e. The number of benzene rings is 1. The van der Waals surface area contributed by atoms with E-state index in [1.165, 1.54) is 0 Å². The maximum atomic E-state index is 11.8. The number of hydrogen-bond donors (Lipinski definition) is 1. The number of piperidine rings is 1. The summed E-state index contributed by atoms with van der Waals surface area (Å²) in [4.78, 5) is 11.8. The first-order valence-electron chi connectivity index (χ1n) is 5.45. The zero-order valence-corrected chi connectivity index (χ0v) is 11.6. The van der Waals surface area contributed by atoms with Crippen LogP contribution in [0.2, 0.25) is 0 Å². The van der Waals surface area contributed by atoms with Crippen molar-refractivity contribution in [2.45, 2.75) is 18.4 Å². The number of nitrogens with one attached hydrogen (secondary N) is 1. The van der Waals surface area contributed by atoms with E-state index in [1.807, 2.05) is 18.2 Å². The number of halogens is 2. The van der Waals surface area contributed by atoms with Gasteiger partial charge in [-0.3, -0.25) is 0 Å². The summed E-state index contributed by atoms with van der Waals surface area (Å²) < 4.78 is 6.54. The van der Waals surface area contributed by atoms with Crippen LogP contribution >= 0.6 is 28.3 Å². The van der Waals surface area contributed by atoms with Crippen LogP contribution in [0.4, 0.5) is 0 Å². The average molecular weight is 319 g/mol. The average Bonchev–Trinajstić information content (AvgIpc) is 2.53. The van der Waals surface area contributed by atoms with E-state index in [4.69, 9.17) is 4.74 Å². The molecule has 3 rings (SSSR count). The quantitative estimate of drug-likeness (QED) is 0.747. The Morgan fingerprint density at radius 1 is 1.29 bits per heavy atom. The first-order valence-corrected chi connectivity index (χ1v) is 6.25. The summed E-state index contributed by atoms with van der Waals surface area (Å²) >= 11 is 3.38. The van der Waals surface area contributed by atoms with Crippen molar-refractivity contribution < 1.29 is 9.53 Å². The van der Waals surface area contributed by atoms with Crippen molar-refractivity contribution in [3.63, 3.8) is 0 Å². The molecule has 0 saturated carbocycles. The second-order valence-electron chi connectivity index (χ2n) is 4.32. The van der Waals surface area contributed by atoms with Crippen molar-refractivity contribution in [3.05, 3.63) is 33.8 Å². The number of carbonyl (C=O) groups is 1. The maximum absolute atomic E-state index is 11.8. The molecule has 0 bridgehead atoms. The number of rotatable bonds is 0. The van der Waals surface area contributed by atoms with E-state index >= 15 is 0 Å². The molecule has 0 aliphatic carbocycles. The summed E-state index contributed by atoms with van der Waals surface area (Å²) in [6, 6.07) is 5.84. The van der Waals surface area contributed by atoms with Crippen LogP contribution in [0.1, 0.15) is 28.8 Å². The molecule has 1 aromatic carbocycles. The number of carbonyl (C=O) groups excluding carboxylic acids is 1. The van der Waals surface area contributed by atoms with Gasteiger partial charge in [-0.25, -0.2) is 4.79 Å². The van der Waals surface area contributed by atoms with Gasteiger partial charge in [0, 0.05) is 22.9 Å². The van der Waals surface area contributed by atoms with Gasteiger partial charge in [-0.1, -0.05) is 22.0 Å². The summed E-state index contributed by atoms with van der Waals surface area (Å²) in [5.41, 5.74) is 1.41. The highest BCUT2D eigenvalue weighted by Crippen LogP contribution is 2.43. The third kappa shape index (κ3) is 1.98. The molecule has 0 aromatic heterocycles. The summed E-state index contributed by atoms with van der Waals surface area (Å²) in [6.07, 6.45) is 1.74. The highest BCUT2D eigenvalue weighted by molar-refractivity contribution is 9.10. The highest BCUT2D eigenvalue weighted by Gasteiger charge is 2.45. The smallest absolute Gasteiger partial charge is 0.339 e.